The third-order valence-electron chi connectivity index (χ3n) is 17.1. The fourth-order valence-corrected chi connectivity index (χ4v) is 15.2. The minimum Gasteiger partial charge on any atom is -0.308 e. The maximum absolute atomic E-state index is 5.56. The first-order valence-electron chi connectivity index (χ1n) is 29.4. The van der Waals surface area contributed by atoms with Gasteiger partial charge in [0.25, 0.3) is 0 Å². The molecule has 17 rings (SSSR count). The van der Waals surface area contributed by atoms with Crippen LogP contribution in [0.15, 0.2) is 303 Å². The van der Waals surface area contributed by atoms with Crippen molar-refractivity contribution in [2.75, 3.05) is 0 Å². The van der Waals surface area contributed by atoms with Gasteiger partial charge in [0.2, 0.25) is 0 Å². The first kappa shape index (κ1) is 50.6. The minimum absolute atomic E-state index is 0.587. The Morgan fingerprint density at radius 2 is 0.506 bits per heavy atom. The molecule has 4 heterocycles. The van der Waals surface area contributed by atoms with E-state index in [2.05, 4.69) is 308 Å². The van der Waals surface area contributed by atoms with Gasteiger partial charge < -0.3 is 4.57 Å². The summed E-state index contributed by atoms with van der Waals surface area (Å²) in [6.45, 7) is 0. The molecule has 0 amide bonds. The van der Waals surface area contributed by atoms with Crippen molar-refractivity contribution in [2.45, 2.75) is 0 Å². The SMILES string of the molecule is c1ccc(-c2cc3c4cc(-c5ccccc5)c(-c5ccccc5)cc4n(-c4c(-c5ccccc5)cc(-c5nc(-c6ccc7c(c6)sc6ccccc67)nc(-c6ccc7c(c6)sc6ccccc67)n5)cc4-c4ccccc4)c3cc2-c2ccccc2)cc1. The normalized spacial score (nSPS) is 11.7. The molecule has 0 bridgehead atoms. The highest BCUT2D eigenvalue weighted by atomic mass is 32.1. The molecule has 0 radical (unpaired) electrons. The van der Waals surface area contributed by atoms with Crippen LogP contribution in [0.3, 0.4) is 0 Å². The largest absolute Gasteiger partial charge is 0.308 e. The zero-order chi connectivity index (χ0) is 57.4. The summed E-state index contributed by atoms with van der Waals surface area (Å²) < 4.78 is 7.45. The molecule has 0 N–H and O–H groups in total. The van der Waals surface area contributed by atoms with Gasteiger partial charge >= 0.3 is 0 Å². The van der Waals surface area contributed by atoms with Crippen molar-refractivity contribution < 1.29 is 0 Å². The van der Waals surface area contributed by atoms with E-state index in [0.717, 1.165) is 99.8 Å². The Hall–Kier alpha value is -10.9. The van der Waals surface area contributed by atoms with Crippen molar-refractivity contribution in [3.63, 3.8) is 0 Å². The molecule has 4 aromatic heterocycles. The Balaban J connectivity index is 0.987. The number of fused-ring (bicyclic) bond motifs is 9. The second-order valence-corrected chi connectivity index (χ2v) is 24.4. The smallest absolute Gasteiger partial charge is 0.164 e. The fraction of sp³-hybridized carbons (Fsp3) is 0. The fourth-order valence-electron chi connectivity index (χ4n) is 12.9. The van der Waals surface area contributed by atoms with Crippen molar-refractivity contribution in [3.05, 3.63) is 303 Å². The summed E-state index contributed by atoms with van der Waals surface area (Å²) in [5.41, 5.74) is 19.4. The van der Waals surface area contributed by atoms with E-state index in [4.69, 9.17) is 15.0 Å². The van der Waals surface area contributed by atoms with Crippen LogP contribution in [0.5, 0.6) is 0 Å². The van der Waals surface area contributed by atoms with Gasteiger partial charge in [-0.05, 0) is 116 Å². The lowest BCUT2D eigenvalue weighted by Gasteiger charge is -2.22. The molecule has 406 valence electrons. The average molecular weight is 1140 g/mol. The Kier molecular flexibility index (Phi) is 12.2. The molecule has 0 atom stereocenters. The van der Waals surface area contributed by atoms with Crippen LogP contribution in [-0.2, 0) is 0 Å². The van der Waals surface area contributed by atoms with Crippen LogP contribution < -0.4 is 0 Å². The van der Waals surface area contributed by atoms with Gasteiger partial charge in [-0.3, -0.25) is 0 Å². The van der Waals surface area contributed by atoms with E-state index in [9.17, 15) is 0 Å². The molecular weight excluding hydrogens is 1090 g/mol. The van der Waals surface area contributed by atoms with Crippen LogP contribution in [0.4, 0.5) is 0 Å². The summed E-state index contributed by atoms with van der Waals surface area (Å²) in [6.07, 6.45) is 0. The highest BCUT2D eigenvalue weighted by Crippen LogP contribution is 2.49. The van der Waals surface area contributed by atoms with Gasteiger partial charge in [-0.15, -0.1) is 22.7 Å². The van der Waals surface area contributed by atoms with Crippen LogP contribution in [0, 0.1) is 0 Å². The van der Waals surface area contributed by atoms with Gasteiger partial charge in [-0.1, -0.05) is 243 Å². The van der Waals surface area contributed by atoms with Crippen molar-refractivity contribution in [1.29, 1.82) is 0 Å². The van der Waals surface area contributed by atoms with Crippen molar-refractivity contribution in [3.8, 4) is 107 Å². The van der Waals surface area contributed by atoms with Crippen LogP contribution in [0.25, 0.3) is 169 Å². The highest BCUT2D eigenvalue weighted by molar-refractivity contribution is 7.26. The van der Waals surface area contributed by atoms with Crippen LogP contribution in [0.1, 0.15) is 0 Å². The van der Waals surface area contributed by atoms with Crippen LogP contribution in [0.2, 0.25) is 0 Å². The summed E-state index contributed by atoms with van der Waals surface area (Å²) in [5.74, 6) is 1.82. The third-order valence-corrected chi connectivity index (χ3v) is 19.3. The second-order valence-electron chi connectivity index (χ2n) is 22.2. The Morgan fingerprint density at radius 3 is 0.874 bits per heavy atom. The minimum atomic E-state index is 0.587. The molecule has 4 nitrogen and oxygen atoms in total. The summed E-state index contributed by atoms with van der Waals surface area (Å²) in [6, 6.07) is 110. The Labute approximate surface area is 510 Å². The topological polar surface area (TPSA) is 43.6 Å². The third kappa shape index (κ3) is 8.84. The number of benzene rings is 13. The zero-order valence-corrected chi connectivity index (χ0v) is 48.6. The summed E-state index contributed by atoms with van der Waals surface area (Å²) in [4.78, 5) is 16.5. The van der Waals surface area contributed by atoms with Gasteiger partial charge in [0, 0.05) is 78.9 Å². The second kappa shape index (κ2) is 21.0. The molecule has 0 fully saturated rings. The predicted octanol–water partition coefficient (Wildman–Crippen LogP) is 22.7. The Morgan fingerprint density at radius 1 is 0.207 bits per heavy atom. The van der Waals surface area contributed by atoms with E-state index in [1.165, 1.54) is 51.5 Å². The number of hydrogen-bond donors (Lipinski definition) is 0. The summed E-state index contributed by atoms with van der Waals surface area (Å²) >= 11 is 3.60. The van der Waals surface area contributed by atoms with Crippen LogP contribution in [-0.4, -0.2) is 19.5 Å². The van der Waals surface area contributed by atoms with Crippen molar-refractivity contribution in [2.24, 2.45) is 0 Å². The lowest BCUT2D eigenvalue weighted by molar-refractivity contribution is 1.07. The monoisotopic (exact) mass is 1140 g/mol. The standard InChI is InChI=1S/C81H50N4S2/c1-7-23-51(24-8-1)64-47-70-71-48-65(52-25-9-2-10-26-52)67(54-29-13-4-14-30-54)50-73(71)85(72(70)49-66(64)53-27-11-3-12-28-53)78-68(55-31-15-5-16-32-55)43-59(44-69(78)56-33-17-6-18-34-56)81-83-79(57-39-41-62-60-35-19-21-37-74(60)86-76(62)45-57)82-80(84-81)58-40-42-63-61-36-20-22-38-75(61)87-77(63)46-58/h1-50H. The summed E-state index contributed by atoms with van der Waals surface area (Å²) in [5, 5.41) is 7.27. The lowest BCUT2D eigenvalue weighted by atomic mass is 9.91. The van der Waals surface area contributed by atoms with Gasteiger partial charge in [-0.25, -0.2) is 15.0 Å². The number of nitrogens with zero attached hydrogens (tertiary/aromatic N) is 4. The predicted molar refractivity (Wildman–Crippen MR) is 369 cm³/mol. The molecule has 87 heavy (non-hydrogen) atoms. The zero-order valence-electron chi connectivity index (χ0n) is 47.0. The lowest BCUT2D eigenvalue weighted by Crippen LogP contribution is -2.04. The molecule has 13 aromatic carbocycles. The maximum atomic E-state index is 5.56. The molecule has 0 saturated carbocycles. The molecule has 0 aliphatic rings. The van der Waals surface area contributed by atoms with Crippen LogP contribution >= 0.6 is 22.7 Å². The molecule has 0 aliphatic heterocycles. The molecule has 0 unspecified atom stereocenters. The van der Waals surface area contributed by atoms with Gasteiger partial charge in [0.1, 0.15) is 0 Å². The van der Waals surface area contributed by atoms with Gasteiger partial charge in [0.05, 0.1) is 16.7 Å². The van der Waals surface area contributed by atoms with Gasteiger partial charge in [0.15, 0.2) is 17.5 Å². The number of hydrogen-bond acceptors (Lipinski definition) is 5. The van der Waals surface area contributed by atoms with E-state index in [1.54, 1.807) is 22.7 Å². The number of aromatic nitrogens is 4. The average Bonchev–Trinajstić information content (AvgIpc) is 1.84. The molecule has 0 saturated heterocycles. The quantitative estimate of drug-likeness (QED) is 0.137. The van der Waals surface area contributed by atoms with Crippen molar-refractivity contribution >= 4 is 84.8 Å². The molecular formula is C81H50N4S2. The first-order valence-corrected chi connectivity index (χ1v) is 31.0. The first-order chi connectivity index (χ1) is 43.1. The van der Waals surface area contributed by atoms with E-state index in [-0.39, 0.29) is 0 Å². The van der Waals surface area contributed by atoms with E-state index >= 15 is 0 Å². The molecule has 17 aromatic rings. The van der Waals surface area contributed by atoms with E-state index in [0.29, 0.717) is 17.5 Å². The van der Waals surface area contributed by atoms with Crippen molar-refractivity contribution in [1.82, 2.24) is 19.5 Å². The van der Waals surface area contributed by atoms with E-state index < -0.39 is 0 Å². The number of thiophene rings is 2. The highest BCUT2D eigenvalue weighted by Gasteiger charge is 2.27. The molecule has 0 aliphatic carbocycles. The summed E-state index contributed by atoms with van der Waals surface area (Å²) in [7, 11) is 0. The van der Waals surface area contributed by atoms with Gasteiger partial charge in [-0.2, -0.15) is 0 Å². The molecule has 6 heteroatoms. The maximum Gasteiger partial charge on any atom is 0.164 e. The Bertz CT molecular complexity index is 5150. The van der Waals surface area contributed by atoms with E-state index in [1.807, 2.05) is 0 Å². The molecule has 0 spiro atoms. The number of rotatable bonds is 10.